The number of aliphatic hydroxyl groups excluding tert-OH is 1. The van der Waals surface area contributed by atoms with E-state index >= 15 is 0 Å². The summed E-state index contributed by atoms with van der Waals surface area (Å²) in [7, 11) is 0. The summed E-state index contributed by atoms with van der Waals surface area (Å²) in [5, 5.41) is 9.03. The third-order valence-electron chi connectivity index (χ3n) is 2.56. The molecular weight excluding hydrogens is 243 g/mol. The molecule has 1 aromatic rings. The van der Waals surface area contributed by atoms with Gasteiger partial charge in [-0.25, -0.2) is 4.39 Å². The number of halogens is 2. The van der Waals surface area contributed by atoms with Gasteiger partial charge in [-0.15, -0.1) is 0 Å². The van der Waals surface area contributed by atoms with Gasteiger partial charge >= 0.3 is 0 Å². The fourth-order valence-corrected chi connectivity index (χ4v) is 1.82. The lowest BCUT2D eigenvalue weighted by Gasteiger charge is -2.25. The summed E-state index contributed by atoms with van der Waals surface area (Å²) in [4.78, 5) is 1.87. The summed E-state index contributed by atoms with van der Waals surface area (Å²) in [6, 6.07) is 2.73. The quantitative estimate of drug-likeness (QED) is 0.773. The van der Waals surface area contributed by atoms with E-state index in [-0.39, 0.29) is 11.6 Å². The van der Waals surface area contributed by atoms with Crippen LogP contribution in [0.2, 0.25) is 5.02 Å². The Hall–Kier alpha value is -1.00. The highest BCUT2D eigenvalue weighted by atomic mass is 35.5. The average Bonchev–Trinajstić information content (AvgIpc) is 2.29. The van der Waals surface area contributed by atoms with Gasteiger partial charge < -0.3 is 15.7 Å². The van der Waals surface area contributed by atoms with E-state index in [2.05, 4.69) is 6.92 Å². The molecule has 0 aliphatic rings. The minimum Gasteiger partial charge on any atom is -0.397 e. The lowest BCUT2D eigenvalue weighted by molar-refractivity contribution is 0.301. The molecule has 1 aromatic carbocycles. The maximum absolute atomic E-state index is 13.4. The van der Waals surface area contributed by atoms with Crippen LogP contribution in [0.1, 0.15) is 19.8 Å². The van der Waals surface area contributed by atoms with Crippen LogP contribution in [-0.4, -0.2) is 24.8 Å². The topological polar surface area (TPSA) is 49.5 Å². The van der Waals surface area contributed by atoms with Gasteiger partial charge in [0.05, 0.1) is 23.0 Å². The molecule has 0 radical (unpaired) electrons. The van der Waals surface area contributed by atoms with Crippen molar-refractivity contribution in [3.8, 4) is 0 Å². The van der Waals surface area contributed by atoms with E-state index in [1.165, 1.54) is 12.1 Å². The number of unbranched alkanes of at least 4 members (excludes halogenated alkanes) is 1. The van der Waals surface area contributed by atoms with Crippen LogP contribution in [0.3, 0.4) is 0 Å². The van der Waals surface area contributed by atoms with Crippen LogP contribution in [0.5, 0.6) is 0 Å². The molecule has 3 N–H and O–H groups in total. The molecule has 0 spiro atoms. The van der Waals surface area contributed by atoms with Crippen molar-refractivity contribution >= 4 is 23.0 Å². The molecule has 0 atom stereocenters. The van der Waals surface area contributed by atoms with Crippen LogP contribution in [0, 0.1) is 5.82 Å². The Balaban J connectivity index is 2.96. The summed E-state index contributed by atoms with van der Waals surface area (Å²) < 4.78 is 13.4. The molecule has 0 fully saturated rings. The van der Waals surface area contributed by atoms with E-state index in [9.17, 15) is 4.39 Å². The molecule has 0 saturated carbocycles. The zero-order valence-corrected chi connectivity index (χ0v) is 10.7. The molecule has 5 heteroatoms. The molecule has 0 aliphatic heterocycles. The SMILES string of the molecule is CCCCN(CCO)c1cc(F)c(Cl)cc1N. The molecule has 3 nitrogen and oxygen atoms in total. The monoisotopic (exact) mass is 260 g/mol. The highest BCUT2D eigenvalue weighted by Crippen LogP contribution is 2.29. The summed E-state index contributed by atoms with van der Waals surface area (Å²) in [6.07, 6.45) is 1.99. The average molecular weight is 261 g/mol. The Morgan fingerprint density at radius 2 is 2.12 bits per heavy atom. The van der Waals surface area contributed by atoms with Gasteiger partial charge in [0.2, 0.25) is 0 Å². The predicted molar refractivity (Wildman–Crippen MR) is 70.0 cm³/mol. The van der Waals surface area contributed by atoms with E-state index in [0.717, 1.165) is 19.4 Å². The van der Waals surface area contributed by atoms with Gasteiger partial charge in [0, 0.05) is 19.2 Å². The molecule has 0 amide bonds. The van der Waals surface area contributed by atoms with Gasteiger partial charge in [-0.05, 0) is 12.5 Å². The summed E-state index contributed by atoms with van der Waals surface area (Å²) >= 11 is 5.65. The second kappa shape index (κ2) is 6.67. The van der Waals surface area contributed by atoms with Crippen LogP contribution < -0.4 is 10.6 Å². The van der Waals surface area contributed by atoms with Crippen molar-refractivity contribution in [1.82, 2.24) is 0 Å². The van der Waals surface area contributed by atoms with E-state index < -0.39 is 5.82 Å². The number of benzene rings is 1. The minimum atomic E-state index is -0.490. The second-order valence-corrected chi connectivity index (χ2v) is 4.30. The van der Waals surface area contributed by atoms with Crippen molar-refractivity contribution in [3.63, 3.8) is 0 Å². The first kappa shape index (κ1) is 14.1. The van der Waals surface area contributed by atoms with Gasteiger partial charge in [-0.3, -0.25) is 0 Å². The first-order chi connectivity index (χ1) is 8.10. The minimum absolute atomic E-state index is 0.00734. The number of hydrogen-bond acceptors (Lipinski definition) is 3. The highest BCUT2D eigenvalue weighted by Gasteiger charge is 2.12. The van der Waals surface area contributed by atoms with Crippen LogP contribution in [0.15, 0.2) is 12.1 Å². The standard InChI is InChI=1S/C12H18ClFN2O/c1-2-3-4-16(5-6-17)12-8-10(14)9(13)7-11(12)15/h7-8,17H,2-6,15H2,1H3. The summed E-state index contributed by atoms with van der Waals surface area (Å²) in [5.74, 6) is -0.490. The summed E-state index contributed by atoms with van der Waals surface area (Å²) in [5.41, 5.74) is 6.84. The van der Waals surface area contributed by atoms with Gasteiger partial charge in [-0.1, -0.05) is 24.9 Å². The third kappa shape index (κ3) is 3.75. The van der Waals surface area contributed by atoms with Crippen molar-refractivity contribution in [2.24, 2.45) is 0 Å². The van der Waals surface area contributed by atoms with E-state index in [0.29, 0.717) is 17.9 Å². The maximum Gasteiger partial charge on any atom is 0.144 e. The molecule has 0 aliphatic carbocycles. The smallest absolute Gasteiger partial charge is 0.144 e. The first-order valence-electron chi connectivity index (χ1n) is 5.70. The summed E-state index contributed by atoms with van der Waals surface area (Å²) in [6.45, 7) is 3.25. The van der Waals surface area contributed by atoms with E-state index in [1.54, 1.807) is 0 Å². The molecule has 0 heterocycles. The second-order valence-electron chi connectivity index (χ2n) is 3.89. The number of rotatable bonds is 6. The predicted octanol–water partition coefficient (Wildman–Crippen LogP) is 2.66. The molecule has 1 rings (SSSR count). The fraction of sp³-hybridized carbons (Fsp3) is 0.500. The lowest BCUT2D eigenvalue weighted by Crippen LogP contribution is -2.28. The number of nitrogens with two attached hydrogens (primary N) is 1. The van der Waals surface area contributed by atoms with E-state index in [1.807, 2.05) is 4.90 Å². The van der Waals surface area contributed by atoms with Crippen molar-refractivity contribution in [3.05, 3.63) is 23.0 Å². The van der Waals surface area contributed by atoms with Crippen molar-refractivity contribution < 1.29 is 9.50 Å². The number of aliphatic hydroxyl groups is 1. The number of hydrogen-bond donors (Lipinski definition) is 2. The Morgan fingerprint density at radius 1 is 1.41 bits per heavy atom. The van der Waals surface area contributed by atoms with Gasteiger partial charge in [0.25, 0.3) is 0 Å². The van der Waals surface area contributed by atoms with Crippen LogP contribution in [0.4, 0.5) is 15.8 Å². The van der Waals surface area contributed by atoms with E-state index in [4.69, 9.17) is 22.4 Å². The van der Waals surface area contributed by atoms with Crippen molar-refractivity contribution in [2.45, 2.75) is 19.8 Å². The lowest BCUT2D eigenvalue weighted by atomic mass is 10.2. The Morgan fingerprint density at radius 3 is 2.71 bits per heavy atom. The molecular formula is C12H18ClFN2O. The zero-order valence-electron chi connectivity index (χ0n) is 9.92. The Bertz CT molecular complexity index is 374. The molecule has 0 aromatic heterocycles. The van der Waals surface area contributed by atoms with Gasteiger partial charge in [0.15, 0.2) is 0 Å². The van der Waals surface area contributed by atoms with Crippen molar-refractivity contribution in [2.75, 3.05) is 30.3 Å². The molecule has 0 bridgehead atoms. The highest BCUT2D eigenvalue weighted by molar-refractivity contribution is 6.31. The molecule has 96 valence electrons. The van der Waals surface area contributed by atoms with Gasteiger partial charge in [0.1, 0.15) is 5.82 Å². The molecule has 17 heavy (non-hydrogen) atoms. The van der Waals surface area contributed by atoms with Crippen molar-refractivity contribution in [1.29, 1.82) is 0 Å². The number of anilines is 2. The first-order valence-corrected chi connectivity index (χ1v) is 6.08. The number of nitrogens with zero attached hydrogens (tertiary/aromatic N) is 1. The zero-order chi connectivity index (χ0) is 12.8. The normalized spacial score (nSPS) is 10.6. The largest absolute Gasteiger partial charge is 0.397 e. The van der Waals surface area contributed by atoms with Crippen LogP contribution >= 0.6 is 11.6 Å². The molecule has 0 saturated heterocycles. The molecule has 0 unspecified atom stereocenters. The number of nitrogen functional groups attached to an aromatic ring is 1. The fourth-order valence-electron chi connectivity index (χ4n) is 1.65. The van der Waals surface area contributed by atoms with Crippen LogP contribution in [0.25, 0.3) is 0 Å². The van der Waals surface area contributed by atoms with Crippen LogP contribution in [-0.2, 0) is 0 Å². The maximum atomic E-state index is 13.4. The Labute approximate surface area is 106 Å². The Kier molecular flexibility index (Phi) is 5.51. The van der Waals surface area contributed by atoms with Gasteiger partial charge in [-0.2, -0.15) is 0 Å². The third-order valence-corrected chi connectivity index (χ3v) is 2.85.